The summed E-state index contributed by atoms with van der Waals surface area (Å²) in [7, 11) is 1.53. The van der Waals surface area contributed by atoms with E-state index in [0.717, 1.165) is 36.0 Å². The molecule has 5 nitrogen and oxygen atoms in total. The zero-order valence-corrected chi connectivity index (χ0v) is 16.7. The van der Waals surface area contributed by atoms with Crippen molar-refractivity contribution in [2.24, 2.45) is 5.73 Å². The predicted molar refractivity (Wildman–Crippen MR) is 117 cm³/mol. The number of nitrogens with two attached hydrogens (primary N) is 1. The molecule has 0 spiro atoms. The molecular weight excluding hydrogens is 376 g/mol. The molecule has 4 aromatic rings. The van der Waals surface area contributed by atoms with Crippen LogP contribution in [0.4, 0.5) is 0 Å². The fourth-order valence-corrected chi connectivity index (χ4v) is 4.04. The van der Waals surface area contributed by atoms with E-state index in [9.17, 15) is 4.79 Å². The molecule has 0 amide bonds. The summed E-state index contributed by atoms with van der Waals surface area (Å²) in [5.41, 5.74) is 9.60. The number of methoxy groups -OCH3 is 1. The standard InChI is InChI=1S/C25H22N2O3/c1-29-20-13-12-19-22(28)21(16-8-10-18(11-9-16)25(26)14-5-15-25)23(30-24(19)27-20)17-6-3-2-4-7-17/h2-4,6-13H,5,14-15,26H2,1H3. The lowest BCUT2D eigenvalue weighted by Gasteiger charge is -2.38. The SMILES string of the molecule is COc1ccc2c(=O)c(-c3ccc(C4(N)CCC4)cc3)c(-c3ccccc3)oc2n1. The quantitative estimate of drug-likeness (QED) is 0.531. The molecule has 1 aliphatic rings. The van der Waals surface area contributed by atoms with Gasteiger partial charge in [0.15, 0.2) is 0 Å². The monoisotopic (exact) mass is 398 g/mol. The maximum Gasteiger partial charge on any atom is 0.233 e. The molecule has 2 aromatic heterocycles. The highest BCUT2D eigenvalue weighted by Gasteiger charge is 2.34. The van der Waals surface area contributed by atoms with Crippen LogP contribution in [0.15, 0.2) is 75.9 Å². The van der Waals surface area contributed by atoms with Gasteiger partial charge in [-0.3, -0.25) is 4.79 Å². The maximum atomic E-state index is 13.5. The van der Waals surface area contributed by atoms with Crippen LogP contribution in [-0.2, 0) is 5.54 Å². The first-order valence-electron chi connectivity index (χ1n) is 10.1. The number of hydrogen-bond acceptors (Lipinski definition) is 5. The molecule has 0 atom stereocenters. The fraction of sp³-hybridized carbons (Fsp3) is 0.200. The first-order chi connectivity index (χ1) is 14.6. The summed E-state index contributed by atoms with van der Waals surface area (Å²) >= 11 is 0. The summed E-state index contributed by atoms with van der Waals surface area (Å²) < 4.78 is 11.4. The van der Waals surface area contributed by atoms with Gasteiger partial charge in [0, 0.05) is 17.2 Å². The highest BCUT2D eigenvalue weighted by molar-refractivity contribution is 5.88. The molecule has 2 N–H and O–H groups in total. The third-order valence-corrected chi connectivity index (χ3v) is 5.97. The van der Waals surface area contributed by atoms with E-state index in [4.69, 9.17) is 14.9 Å². The van der Waals surface area contributed by atoms with Crippen LogP contribution in [0.25, 0.3) is 33.6 Å². The Morgan fingerprint density at radius 2 is 1.70 bits per heavy atom. The van der Waals surface area contributed by atoms with Gasteiger partial charge in [0.05, 0.1) is 18.1 Å². The second-order valence-electron chi connectivity index (χ2n) is 7.79. The van der Waals surface area contributed by atoms with Gasteiger partial charge in [-0.25, -0.2) is 0 Å². The molecule has 0 unspecified atom stereocenters. The van der Waals surface area contributed by atoms with Crippen molar-refractivity contribution in [2.45, 2.75) is 24.8 Å². The lowest BCUT2D eigenvalue weighted by Crippen LogP contribution is -2.43. The molecule has 1 aliphatic carbocycles. The molecule has 0 aliphatic heterocycles. The van der Waals surface area contributed by atoms with E-state index in [0.29, 0.717) is 22.6 Å². The number of ether oxygens (including phenoxy) is 1. The number of hydrogen-bond donors (Lipinski definition) is 1. The van der Waals surface area contributed by atoms with Crippen molar-refractivity contribution in [3.63, 3.8) is 0 Å². The van der Waals surface area contributed by atoms with Crippen LogP contribution in [-0.4, -0.2) is 12.1 Å². The van der Waals surface area contributed by atoms with Crippen molar-refractivity contribution >= 4 is 11.1 Å². The Morgan fingerprint density at radius 1 is 0.967 bits per heavy atom. The Kier molecular flexibility index (Phi) is 4.40. The molecule has 5 rings (SSSR count). The number of rotatable bonds is 4. The van der Waals surface area contributed by atoms with E-state index in [2.05, 4.69) is 4.98 Å². The minimum Gasteiger partial charge on any atom is -0.481 e. The van der Waals surface area contributed by atoms with E-state index in [1.54, 1.807) is 12.1 Å². The fourth-order valence-electron chi connectivity index (χ4n) is 4.04. The summed E-state index contributed by atoms with van der Waals surface area (Å²) in [6, 6.07) is 21.0. The number of fused-ring (bicyclic) bond motifs is 1. The van der Waals surface area contributed by atoms with Gasteiger partial charge in [0.1, 0.15) is 5.76 Å². The van der Waals surface area contributed by atoms with Gasteiger partial charge < -0.3 is 14.9 Å². The molecule has 150 valence electrons. The summed E-state index contributed by atoms with van der Waals surface area (Å²) in [6.45, 7) is 0. The van der Waals surface area contributed by atoms with Crippen LogP contribution in [0, 0.1) is 0 Å². The lowest BCUT2D eigenvalue weighted by atomic mass is 9.72. The van der Waals surface area contributed by atoms with Crippen LogP contribution >= 0.6 is 0 Å². The van der Waals surface area contributed by atoms with Gasteiger partial charge in [-0.15, -0.1) is 0 Å². The van der Waals surface area contributed by atoms with E-state index < -0.39 is 0 Å². The first-order valence-corrected chi connectivity index (χ1v) is 10.1. The lowest BCUT2D eigenvalue weighted by molar-refractivity contribution is 0.253. The molecule has 1 fully saturated rings. The van der Waals surface area contributed by atoms with Crippen LogP contribution in [0.3, 0.4) is 0 Å². The molecule has 5 heteroatoms. The van der Waals surface area contributed by atoms with Gasteiger partial charge >= 0.3 is 0 Å². The Hall–Kier alpha value is -3.44. The Labute approximate surface area is 174 Å². The van der Waals surface area contributed by atoms with Gasteiger partial charge in [0.25, 0.3) is 0 Å². The number of benzene rings is 2. The second-order valence-corrected chi connectivity index (χ2v) is 7.79. The minimum atomic E-state index is -0.241. The van der Waals surface area contributed by atoms with Crippen LogP contribution in [0.2, 0.25) is 0 Å². The number of nitrogens with zero attached hydrogens (tertiary/aromatic N) is 1. The van der Waals surface area contributed by atoms with E-state index in [1.165, 1.54) is 7.11 Å². The van der Waals surface area contributed by atoms with Crippen molar-refractivity contribution < 1.29 is 9.15 Å². The van der Waals surface area contributed by atoms with Gasteiger partial charge in [-0.1, -0.05) is 54.6 Å². The maximum absolute atomic E-state index is 13.5. The average molecular weight is 398 g/mol. The van der Waals surface area contributed by atoms with Crippen LogP contribution in [0.5, 0.6) is 5.88 Å². The molecule has 0 bridgehead atoms. The van der Waals surface area contributed by atoms with Crippen LogP contribution in [0.1, 0.15) is 24.8 Å². The third-order valence-electron chi connectivity index (χ3n) is 5.97. The Balaban J connectivity index is 1.73. The van der Waals surface area contributed by atoms with Crippen molar-refractivity contribution in [3.05, 3.63) is 82.5 Å². The summed E-state index contributed by atoms with van der Waals surface area (Å²) in [5, 5.41) is 0.420. The highest BCUT2D eigenvalue weighted by atomic mass is 16.5. The van der Waals surface area contributed by atoms with Crippen molar-refractivity contribution in [2.75, 3.05) is 7.11 Å². The zero-order chi connectivity index (χ0) is 20.7. The normalized spacial score (nSPS) is 15.0. The van der Waals surface area contributed by atoms with Gasteiger partial charge in [-0.05, 0) is 36.5 Å². The molecule has 30 heavy (non-hydrogen) atoms. The zero-order valence-electron chi connectivity index (χ0n) is 16.7. The van der Waals surface area contributed by atoms with Crippen molar-refractivity contribution in [1.29, 1.82) is 0 Å². The van der Waals surface area contributed by atoms with E-state index in [1.807, 2.05) is 54.6 Å². The van der Waals surface area contributed by atoms with Gasteiger partial charge in [-0.2, -0.15) is 4.98 Å². The summed E-state index contributed by atoms with van der Waals surface area (Å²) in [6.07, 6.45) is 3.14. The minimum absolute atomic E-state index is 0.121. The summed E-state index contributed by atoms with van der Waals surface area (Å²) in [5.74, 6) is 0.892. The molecule has 0 radical (unpaired) electrons. The molecule has 2 aromatic carbocycles. The summed E-state index contributed by atoms with van der Waals surface area (Å²) in [4.78, 5) is 17.8. The average Bonchev–Trinajstić information content (AvgIpc) is 2.77. The number of aromatic nitrogens is 1. The highest BCUT2D eigenvalue weighted by Crippen LogP contribution is 2.40. The van der Waals surface area contributed by atoms with Crippen molar-refractivity contribution in [1.82, 2.24) is 4.98 Å². The first kappa shape index (κ1) is 18.6. The third kappa shape index (κ3) is 2.99. The molecule has 1 saturated carbocycles. The predicted octanol–water partition coefficient (Wildman–Crippen LogP) is 4.87. The van der Waals surface area contributed by atoms with E-state index >= 15 is 0 Å². The largest absolute Gasteiger partial charge is 0.481 e. The second kappa shape index (κ2) is 7.11. The topological polar surface area (TPSA) is 78.4 Å². The Morgan fingerprint density at radius 3 is 2.33 bits per heavy atom. The molecule has 0 saturated heterocycles. The van der Waals surface area contributed by atoms with Crippen LogP contribution < -0.4 is 15.9 Å². The number of pyridine rings is 1. The smallest absolute Gasteiger partial charge is 0.233 e. The van der Waals surface area contributed by atoms with Gasteiger partial charge in [0.2, 0.25) is 17.0 Å². The van der Waals surface area contributed by atoms with Crippen molar-refractivity contribution in [3.8, 4) is 28.3 Å². The van der Waals surface area contributed by atoms with E-state index in [-0.39, 0.29) is 16.7 Å². The molecular formula is C25H22N2O3. The molecule has 2 heterocycles. The Bertz CT molecular complexity index is 1270.